The van der Waals surface area contributed by atoms with Crippen molar-refractivity contribution >= 4 is 6.29 Å². The lowest BCUT2D eigenvalue weighted by atomic mass is 10.1. The lowest BCUT2D eigenvalue weighted by molar-refractivity contribution is 0.111. The van der Waals surface area contributed by atoms with Gasteiger partial charge in [-0.1, -0.05) is 0 Å². The van der Waals surface area contributed by atoms with E-state index < -0.39 is 0 Å². The first-order valence-corrected chi connectivity index (χ1v) is 5.14. The van der Waals surface area contributed by atoms with Crippen LogP contribution in [0.5, 0.6) is 5.75 Å². The van der Waals surface area contributed by atoms with Crippen LogP contribution < -0.4 is 4.74 Å². The molecule has 1 N–H and O–H groups in total. The maximum atomic E-state index is 13.3. The fourth-order valence-electron chi connectivity index (χ4n) is 1.80. The summed E-state index contributed by atoms with van der Waals surface area (Å²) in [5.74, 6) is 0.219. The van der Waals surface area contributed by atoms with Crippen molar-refractivity contribution in [1.82, 2.24) is 4.98 Å². The van der Waals surface area contributed by atoms with Gasteiger partial charge in [-0.3, -0.25) is 4.79 Å². The SMILES string of the molecule is COc1ccc(F)cc1-c1[nH]c(C=O)cc1C. The van der Waals surface area contributed by atoms with Crippen LogP contribution in [0.25, 0.3) is 11.3 Å². The van der Waals surface area contributed by atoms with Crippen molar-refractivity contribution in [3.63, 3.8) is 0 Å². The van der Waals surface area contributed by atoms with E-state index in [-0.39, 0.29) is 5.82 Å². The number of aryl methyl sites for hydroxylation is 1. The second-order valence-electron chi connectivity index (χ2n) is 3.75. The topological polar surface area (TPSA) is 42.1 Å². The minimum Gasteiger partial charge on any atom is -0.496 e. The summed E-state index contributed by atoms with van der Waals surface area (Å²) >= 11 is 0. The van der Waals surface area contributed by atoms with Crippen LogP contribution in [-0.4, -0.2) is 18.4 Å². The number of aromatic amines is 1. The van der Waals surface area contributed by atoms with Crippen LogP contribution in [0.2, 0.25) is 0 Å². The summed E-state index contributed by atoms with van der Waals surface area (Å²) in [6.07, 6.45) is 0.724. The van der Waals surface area contributed by atoms with E-state index in [9.17, 15) is 9.18 Å². The highest BCUT2D eigenvalue weighted by molar-refractivity contribution is 5.79. The van der Waals surface area contributed by atoms with Crippen molar-refractivity contribution in [2.24, 2.45) is 0 Å². The molecule has 0 aliphatic carbocycles. The number of carbonyl (C=O) groups excluding carboxylic acids is 1. The maximum Gasteiger partial charge on any atom is 0.166 e. The molecule has 0 bridgehead atoms. The van der Waals surface area contributed by atoms with Crippen molar-refractivity contribution in [2.45, 2.75) is 6.92 Å². The number of aldehydes is 1. The highest BCUT2D eigenvalue weighted by Gasteiger charge is 2.12. The Balaban J connectivity index is 2.61. The molecule has 1 aromatic heterocycles. The molecule has 0 saturated carbocycles. The minimum absolute atomic E-state index is 0.345. The lowest BCUT2D eigenvalue weighted by Crippen LogP contribution is -1.91. The van der Waals surface area contributed by atoms with E-state index >= 15 is 0 Å². The molecular formula is C13H12FNO2. The van der Waals surface area contributed by atoms with E-state index in [4.69, 9.17) is 4.74 Å². The summed E-state index contributed by atoms with van der Waals surface area (Å²) in [6, 6.07) is 5.99. The summed E-state index contributed by atoms with van der Waals surface area (Å²) in [4.78, 5) is 13.6. The number of carbonyl (C=O) groups is 1. The first-order chi connectivity index (χ1) is 8.15. The molecule has 1 heterocycles. The molecule has 0 fully saturated rings. The summed E-state index contributed by atoms with van der Waals surface area (Å²) in [5, 5.41) is 0. The fraction of sp³-hybridized carbons (Fsp3) is 0.154. The molecule has 2 aromatic rings. The molecule has 0 spiro atoms. The average Bonchev–Trinajstić information content (AvgIpc) is 2.70. The van der Waals surface area contributed by atoms with Gasteiger partial charge in [-0.15, -0.1) is 0 Å². The van der Waals surface area contributed by atoms with Gasteiger partial charge in [0.05, 0.1) is 18.5 Å². The maximum absolute atomic E-state index is 13.3. The van der Waals surface area contributed by atoms with E-state index in [0.717, 1.165) is 11.8 Å². The number of rotatable bonds is 3. The molecule has 0 amide bonds. The molecule has 2 rings (SSSR count). The second kappa shape index (κ2) is 4.41. The zero-order valence-corrected chi connectivity index (χ0v) is 9.58. The Bertz CT molecular complexity index is 561. The number of halogens is 1. The Morgan fingerprint density at radius 2 is 2.12 bits per heavy atom. The average molecular weight is 233 g/mol. The summed E-state index contributed by atoms with van der Waals surface area (Å²) in [5.41, 5.74) is 2.64. The van der Waals surface area contributed by atoms with Crippen LogP contribution in [0.1, 0.15) is 16.1 Å². The third kappa shape index (κ3) is 2.06. The quantitative estimate of drug-likeness (QED) is 0.828. The normalized spacial score (nSPS) is 10.3. The highest BCUT2D eigenvalue weighted by atomic mass is 19.1. The Morgan fingerprint density at radius 3 is 2.71 bits per heavy atom. The zero-order valence-electron chi connectivity index (χ0n) is 9.58. The number of hydrogen-bond donors (Lipinski definition) is 1. The second-order valence-corrected chi connectivity index (χ2v) is 3.75. The first-order valence-electron chi connectivity index (χ1n) is 5.14. The molecular weight excluding hydrogens is 221 g/mol. The van der Waals surface area contributed by atoms with Crippen LogP contribution in [0.3, 0.4) is 0 Å². The highest BCUT2D eigenvalue weighted by Crippen LogP contribution is 2.32. The van der Waals surface area contributed by atoms with E-state index in [1.807, 2.05) is 6.92 Å². The molecule has 0 aliphatic heterocycles. The van der Waals surface area contributed by atoms with E-state index in [1.165, 1.54) is 19.2 Å². The van der Waals surface area contributed by atoms with Gasteiger partial charge < -0.3 is 9.72 Å². The molecule has 3 nitrogen and oxygen atoms in total. The van der Waals surface area contributed by atoms with Gasteiger partial charge in [0.2, 0.25) is 0 Å². The van der Waals surface area contributed by atoms with Crippen molar-refractivity contribution in [1.29, 1.82) is 0 Å². The number of ether oxygens (including phenoxy) is 1. The van der Waals surface area contributed by atoms with E-state index in [2.05, 4.69) is 4.98 Å². The molecule has 88 valence electrons. The van der Waals surface area contributed by atoms with Crippen molar-refractivity contribution in [2.75, 3.05) is 7.11 Å². The van der Waals surface area contributed by atoms with Gasteiger partial charge >= 0.3 is 0 Å². The number of nitrogens with one attached hydrogen (secondary N) is 1. The van der Waals surface area contributed by atoms with Gasteiger partial charge in [0.1, 0.15) is 11.6 Å². The van der Waals surface area contributed by atoms with Crippen molar-refractivity contribution in [3.8, 4) is 17.0 Å². The molecule has 0 aliphatic rings. The number of benzene rings is 1. The monoisotopic (exact) mass is 233 g/mol. The number of hydrogen-bond acceptors (Lipinski definition) is 2. The van der Waals surface area contributed by atoms with Gasteiger partial charge in [-0.25, -0.2) is 4.39 Å². The molecule has 1 aromatic carbocycles. The third-order valence-corrected chi connectivity index (χ3v) is 2.59. The van der Waals surface area contributed by atoms with E-state index in [0.29, 0.717) is 22.7 Å². The van der Waals surface area contributed by atoms with Gasteiger partial charge in [0.25, 0.3) is 0 Å². The Labute approximate surface area is 98.2 Å². The lowest BCUT2D eigenvalue weighted by Gasteiger charge is -2.08. The molecule has 17 heavy (non-hydrogen) atoms. The Hall–Kier alpha value is -2.10. The van der Waals surface area contributed by atoms with Crippen molar-refractivity contribution < 1.29 is 13.9 Å². The van der Waals surface area contributed by atoms with Crippen LogP contribution >= 0.6 is 0 Å². The molecule has 0 radical (unpaired) electrons. The first kappa shape index (κ1) is 11.4. The van der Waals surface area contributed by atoms with Gasteiger partial charge in [0.15, 0.2) is 6.29 Å². The molecule has 0 atom stereocenters. The standard InChI is InChI=1S/C13H12FNO2/c1-8-5-10(7-16)15-13(8)11-6-9(14)3-4-12(11)17-2/h3-7,15H,1-2H3. The number of aromatic nitrogens is 1. The smallest absolute Gasteiger partial charge is 0.166 e. The fourth-order valence-corrected chi connectivity index (χ4v) is 1.80. The zero-order chi connectivity index (χ0) is 12.4. The van der Waals surface area contributed by atoms with Crippen LogP contribution in [0, 0.1) is 12.7 Å². The predicted octanol–water partition coefficient (Wildman–Crippen LogP) is 2.95. The Kier molecular flexibility index (Phi) is 2.95. The summed E-state index contributed by atoms with van der Waals surface area (Å²) < 4.78 is 18.4. The summed E-state index contributed by atoms with van der Waals surface area (Å²) in [7, 11) is 1.52. The molecule has 0 unspecified atom stereocenters. The number of methoxy groups -OCH3 is 1. The predicted molar refractivity (Wildman–Crippen MR) is 62.9 cm³/mol. The van der Waals surface area contributed by atoms with Gasteiger partial charge in [0, 0.05) is 5.56 Å². The molecule has 0 saturated heterocycles. The van der Waals surface area contributed by atoms with E-state index in [1.54, 1.807) is 12.1 Å². The van der Waals surface area contributed by atoms with Crippen LogP contribution in [0.15, 0.2) is 24.3 Å². The molecule has 4 heteroatoms. The van der Waals surface area contributed by atoms with Gasteiger partial charge in [-0.05, 0) is 36.8 Å². The van der Waals surface area contributed by atoms with Crippen LogP contribution in [-0.2, 0) is 0 Å². The number of H-pyrrole nitrogens is 1. The Morgan fingerprint density at radius 1 is 1.35 bits per heavy atom. The van der Waals surface area contributed by atoms with Gasteiger partial charge in [-0.2, -0.15) is 0 Å². The third-order valence-electron chi connectivity index (χ3n) is 2.59. The van der Waals surface area contributed by atoms with Crippen molar-refractivity contribution in [3.05, 3.63) is 41.3 Å². The minimum atomic E-state index is -0.345. The van der Waals surface area contributed by atoms with Crippen LogP contribution in [0.4, 0.5) is 4.39 Å². The largest absolute Gasteiger partial charge is 0.496 e. The summed E-state index contributed by atoms with van der Waals surface area (Å²) in [6.45, 7) is 1.85.